The molecule has 26 heavy (non-hydrogen) atoms. The first kappa shape index (κ1) is 17.6. The Balaban J connectivity index is 2.05. The molecule has 0 saturated carbocycles. The summed E-state index contributed by atoms with van der Waals surface area (Å²) in [6, 6.07) is 7.65. The van der Waals surface area contributed by atoms with Crippen LogP contribution in [0.3, 0.4) is 0 Å². The normalized spacial score (nSPS) is 10.9. The van der Waals surface area contributed by atoms with Gasteiger partial charge < -0.3 is 16.0 Å². The molecule has 0 fully saturated rings. The summed E-state index contributed by atoms with van der Waals surface area (Å²) in [6.07, 6.45) is 0.286. The summed E-state index contributed by atoms with van der Waals surface area (Å²) < 4.78 is 41.0. The van der Waals surface area contributed by atoms with Crippen LogP contribution in [0.2, 0.25) is 0 Å². The second-order valence-corrected chi connectivity index (χ2v) is 5.83. The van der Waals surface area contributed by atoms with Crippen molar-refractivity contribution in [3.05, 3.63) is 71.7 Å². The number of nitrogens with one attached hydrogen (secondary N) is 2. The van der Waals surface area contributed by atoms with Crippen LogP contribution in [0.5, 0.6) is 0 Å². The van der Waals surface area contributed by atoms with E-state index >= 15 is 0 Å². The quantitative estimate of drug-likeness (QED) is 0.611. The molecular formula is C19H16F3N3O. The minimum Gasteiger partial charge on any atom is -0.395 e. The van der Waals surface area contributed by atoms with E-state index in [4.69, 9.17) is 5.73 Å². The van der Waals surface area contributed by atoms with Crippen LogP contribution in [0.15, 0.2) is 48.7 Å². The number of carbonyl (C=O) groups excluding carboxylic acids is 1. The summed E-state index contributed by atoms with van der Waals surface area (Å²) >= 11 is 0. The molecule has 0 aliphatic heterocycles. The predicted molar refractivity (Wildman–Crippen MR) is 93.6 cm³/mol. The Labute approximate surface area is 147 Å². The third kappa shape index (κ3) is 3.42. The van der Waals surface area contributed by atoms with Crippen molar-refractivity contribution in [2.24, 2.45) is 5.73 Å². The highest BCUT2D eigenvalue weighted by molar-refractivity contribution is 5.92. The Morgan fingerprint density at radius 1 is 1.12 bits per heavy atom. The molecule has 3 aromatic rings. The molecule has 0 radical (unpaired) electrons. The molecule has 0 aliphatic carbocycles. The summed E-state index contributed by atoms with van der Waals surface area (Å²) in [7, 11) is 0. The van der Waals surface area contributed by atoms with E-state index in [0.29, 0.717) is 22.2 Å². The van der Waals surface area contributed by atoms with Crippen LogP contribution in [-0.2, 0) is 11.2 Å². The number of benzene rings is 2. The number of carbonyl (C=O) groups is 1. The average molecular weight is 359 g/mol. The number of hydrogen-bond acceptors (Lipinski definition) is 2. The Morgan fingerprint density at radius 2 is 1.81 bits per heavy atom. The summed E-state index contributed by atoms with van der Waals surface area (Å²) in [5.41, 5.74) is 7.09. The Kier molecular flexibility index (Phi) is 4.71. The van der Waals surface area contributed by atoms with Gasteiger partial charge in [0, 0.05) is 23.7 Å². The fourth-order valence-corrected chi connectivity index (χ4v) is 2.81. The molecule has 7 heteroatoms. The van der Waals surface area contributed by atoms with Crippen LogP contribution in [0, 0.1) is 17.5 Å². The van der Waals surface area contributed by atoms with Crippen molar-refractivity contribution < 1.29 is 18.0 Å². The summed E-state index contributed by atoms with van der Waals surface area (Å²) in [4.78, 5) is 14.5. The van der Waals surface area contributed by atoms with Gasteiger partial charge in [-0.05, 0) is 47.9 Å². The smallest absolute Gasteiger partial charge is 0.266 e. The van der Waals surface area contributed by atoms with Crippen molar-refractivity contribution >= 4 is 16.8 Å². The maximum atomic E-state index is 14.1. The maximum absolute atomic E-state index is 14.1. The molecule has 0 bridgehead atoms. The van der Waals surface area contributed by atoms with Crippen LogP contribution < -0.4 is 11.1 Å². The number of rotatable bonds is 5. The van der Waals surface area contributed by atoms with E-state index < -0.39 is 23.4 Å². The lowest BCUT2D eigenvalue weighted by Crippen LogP contribution is -2.29. The zero-order valence-electron chi connectivity index (χ0n) is 13.7. The first-order valence-electron chi connectivity index (χ1n) is 7.85. The molecule has 4 N–H and O–H groups in total. The fourth-order valence-electron chi connectivity index (χ4n) is 2.81. The molecule has 1 heterocycles. The van der Waals surface area contributed by atoms with E-state index in [9.17, 15) is 18.0 Å². The van der Waals surface area contributed by atoms with Gasteiger partial charge >= 0.3 is 0 Å². The number of amides is 1. The molecule has 0 saturated heterocycles. The van der Waals surface area contributed by atoms with Crippen LogP contribution in [0.25, 0.3) is 22.2 Å². The second kappa shape index (κ2) is 6.95. The van der Waals surface area contributed by atoms with E-state index in [0.717, 1.165) is 6.07 Å². The first-order valence-corrected chi connectivity index (χ1v) is 7.85. The fraction of sp³-hybridized carbons (Fsp3) is 0.105. The van der Waals surface area contributed by atoms with E-state index in [2.05, 4.69) is 16.9 Å². The monoisotopic (exact) mass is 359 g/mol. The topological polar surface area (TPSA) is 70.9 Å². The Hall–Kier alpha value is -3.22. The molecule has 0 aliphatic rings. The molecule has 3 rings (SSSR count). The average Bonchev–Trinajstić information content (AvgIpc) is 2.94. The van der Waals surface area contributed by atoms with Crippen molar-refractivity contribution in [1.29, 1.82) is 0 Å². The van der Waals surface area contributed by atoms with Crippen molar-refractivity contribution in [3.63, 3.8) is 0 Å². The second-order valence-electron chi connectivity index (χ2n) is 5.83. The van der Waals surface area contributed by atoms with Gasteiger partial charge in [0.1, 0.15) is 17.5 Å². The first-order chi connectivity index (χ1) is 12.4. The third-order valence-electron chi connectivity index (χ3n) is 4.02. The van der Waals surface area contributed by atoms with Gasteiger partial charge in [-0.3, -0.25) is 4.79 Å². The molecule has 0 atom stereocenters. The minimum absolute atomic E-state index is 0.125. The molecular weight excluding hydrogens is 343 g/mol. The van der Waals surface area contributed by atoms with Gasteiger partial charge in [0.05, 0.1) is 11.2 Å². The molecule has 1 amide bonds. The molecule has 1 aromatic heterocycles. The molecule has 134 valence electrons. The minimum atomic E-state index is -0.728. The van der Waals surface area contributed by atoms with Crippen LogP contribution >= 0.6 is 0 Å². The largest absolute Gasteiger partial charge is 0.395 e. The molecule has 2 aromatic carbocycles. The number of hydrogen-bond donors (Lipinski definition) is 3. The molecule has 4 nitrogen and oxygen atoms in total. The van der Waals surface area contributed by atoms with E-state index in [1.807, 2.05) is 0 Å². The van der Waals surface area contributed by atoms with Gasteiger partial charge in [0.2, 0.25) is 0 Å². The van der Waals surface area contributed by atoms with E-state index in [1.54, 1.807) is 0 Å². The molecule has 0 unspecified atom stereocenters. The summed E-state index contributed by atoms with van der Waals surface area (Å²) in [6.45, 7) is 3.53. The number of H-pyrrole nitrogens is 1. The third-order valence-corrected chi connectivity index (χ3v) is 4.02. The van der Waals surface area contributed by atoms with Crippen molar-refractivity contribution in [2.45, 2.75) is 6.42 Å². The highest BCUT2D eigenvalue weighted by Crippen LogP contribution is 2.32. The number of aromatic amines is 1. The van der Waals surface area contributed by atoms with Crippen molar-refractivity contribution in [3.8, 4) is 11.3 Å². The van der Waals surface area contributed by atoms with Gasteiger partial charge in [-0.2, -0.15) is 0 Å². The lowest BCUT2D eigenvalue weighted by Gasteiger charge is -2.07. The van der Waals surface area contributed by atoms with E-state index in [-0.39, 0.29) is 24.2 Å². The highest BCUT2D eigenvalue weighted by atomic mass is 19.1. The standard InChI is InChI=1S/C19H16F3N3O/c1-10(23)19(26)24-7-6-14-15-8-13(21)9-16(22)18(15)25-17(14)11-2-4-12(20)5-3-11/h2-5,8-9,25H,1,6-7,23H2,(H,24,26). The van der Waals surface area contributed by atoms with Crippen LogP contribution in [-0.4, -0.2) is 17.4 Å². The maximum Gasteiger partial charge on any atom is 0.266 e. The lowest BCUT2D eigenvalue weighted by atomic mass is 10.0. The molecule has 0 spiro atoms. The van der Waals surface area contributed by atoms with Crippen LogP contribution in [0.1, 0.15) is 5.56 Å². The number of fused-ring (bicyclic) bond motifs is 1. The Bertz CT molecular complexity index is 993. The van der Waals surface area contributed by atoms with Gasteiger partial charge in [0.15, 0.2) is 0 Å². The van der Waals surface area contributed by atoms with Crippen molar-refractivity contribution in [1.82, 2.24) is 10.3 Å². The predicted octanol–water partition coefficient (Wildman–Crippen LogP) is 3.38. The van der Waals surface area contributed by atoms with Crippen molar-refractivity contribution in [2.75, 3.05) is 6.54 Å². The zero-order valence-corrected chi connectivity index (χ0v) is 13.7. The number of halogens is 3. The van der Waals surface area contributed by atoms with Gasteiger partial charge in [-0.15, -0.1) is 0 Å². The van der Waals surface area contributed by atoms with E-state index in [1.165, 1.54) is 30.3 Å². The Morgan fingerprint density at radius 3 is 2.46 bits per heavy atom. The summed E-state index contributed by atoms with van der Waals surface area (Å²) in [5, 5.41) is 2.94. The highest BCUT2D eigenvalue weighted by Gasteiger charge is 2.17. The number of aromatic nitrogens is 1. The number of nitrogens with two attached hydrogens (primary N) is 1. The SMILES string of the molecule is C=C(N)C(=O)NCCc1c(-c2ccc(F)cc2)[nH]c2c(F)cc(F)cc12. The van der Waals surface area contributed by atoms with Gasteiger partial charge in [0.25, 0.3) is 5.91 Å². The summed E-state index contributed by atoms with van der Waals surface area (Å²) in [5.74, 6) is -2.35. The lowest BCUT2D eigenvalue weighted by molar-refractivity contribution is -0.117. The van der Waals surface area contributed by atoms with Gasteiger partial charge in [-0.1, -0.05) is 6.58 Å². The van der Waals surface area contributed by atoms with Crippen LogP contribution in [0.4, 0.5) is 13.2 Å². The zero-order chi connectivity index (χ0) is 18.8. The van der Waals surface area contributed by atoms with Gasteiger partial charge in [-0.25, -0.2) is 13.2 Å².